The van der Waals surface area contributed by atoms with Gasteiger partial charge < -0.3 is 10.1 Å². The van der Waals surface area contributed by atoms with Crippen LogP contribution in [-0.4, -0.2) is 25.7 Å². The molecule has 0 spiro atoms. The van der Waals surface area contributed by atoms with Crippen LogP contribution in [0.5, 0.6) is 5.75 Å². The van der Waals surface area contributed by atoms with Crippen LogP contribution in [0, 0.1) is 6.92 Å². The van der Waals surface area contributed by atoms with Crippen molar-refractivity contribution in [1.82, 2.24) is 5.32 Å². The van der Waals surface area contributed by atoms with Gasteiger partial charge in [0.05, 0.1) is 7.11 Å². The normalized spacial score (nSPS) is 10.3. The van der Waals surface area contributed by atoms with Gasteiger partial charge >= 0.3 is 0 Å². The molecule has 0 radical (unpaired) electrons. The molecule has 15 heavy (non-hydrogen) atoms. The highest BCUT2D eigenvalue weighted by Gasteiger charge is 2.01. The number of hydrogen-bond donors (Lipinski definition) is 1. The number of benzene rings is 1. The average Bonchev–Trinajstić information content (AvgIpc) is 2.25. The Morgan fingerprint density at radius 2 is 2.20 bits per heavy atom. The Balaban J connectivity index is 2.54. The number of rotatable bonds is 6. The van der Waals surface area contributed by atoms with Gasteiger partial charge in [0.2, 0.25) is 0 Å². The van der Waals surface area contributed by atoms with E-state index in [1.54, 1.807) is 7.11 Å². The summed E-state index contributed by atoms with van der Waals surface area (Å²) in [6, 6.07) is 6.27. The van der Waals surface area contributed by atoms with E-state index < -0.39 is 0 Å². The van der Waals surface area contributed by atoms with Gasteiger partial charge in [0.25, 0.3) is 0 Å². The van der Waals surface area contributed by atoms with Crippen LogP contribution in [0.25, 0.3) is 0 Å². The highest BCUT2D eigenvalue weighted by molar-refractivity contribution is 7.98. The molecule has 0 fully saturated rings. The van der Waals surface area contributed by atoms with E-state index in [2.05, 4.69) is 30.6 Å². The molecule has 2 nitrogen and oxygen atoms in total. The van der Waals surface area contributed by atoms with Gasteiger partial charge in [-0.05, 0) is 19.2 Å². The minimum atomic E-state index is 0.880. The van der Waals surface area contributed by atoms with Crippen LogP contribution < -0.4 is 10.1 Å². The van der Waals surface area contributed by atoms with Crippen LogP contribution in [-0.2, 0) is 6.54 Å². The second-order valence-electron chi connectivity index (χ2n) is 3.48. The molecule has 0 aromatic heterocycles. The number of hydrogen-bond acceptors (Lipinski definition) is 3. The van der Waals surface area contributed by atoms with Gasteiger partial charge in [-0.25, -0.2) is 0 Å². The Hall–Kier alpha value is -0.670. The molecule has 0 saturated heterocycles. The minimum Gasteiger partial charge on any atom is -0.496 e. The molecule has 84 valence electrons. The monoisotopic (exact) mass is 225 g/mol. The summed E-state index contributed by atoms with van der Waals surface area (Å²) in [6.45, 7) is 4.02. The van der Waals surface area contributed by atoms with E-state index in [0.29, 0.717) is 0 Å². The lowest BCUT2D eigenvalue weighted by molar-refractivity contribution is 0.408. The predicted octanol–water partition coefficient (Wildman–Crippen LogP) is 2.46. The molecule has 0 unspecified atom stereocenters. The molecule has 1 rings (SSSR count). The third-order valence-electron chi connectivity index (χ3n) is 2.23. The third-order valence-corrected chi connectivity index (χ3v) is 2.85. The molecular formula is C12H19NOS. The first-order chi connectivity index (χ1) is 7.27. The first-order valence-corrected chi connectivity index (χ1v) is 6.50. The Labute approximate surface area is 96.4 Å². The zero-order valence-electron chi connectivity index (χ0n) is 9.67. The van der Waals surface area contributed by atoms with E-state index in [4.69, 9.17) is 4.74 Å². The Bertz CT molecular complexity index is 302. The van der Waals surface area contributed by atoms with Crippen molar-refractivity contribution in [3.8, 4) is 5.75 Å². The highest BCUT2D eigenvalue weighted by Crippen LogP contribution is 2.19. The van der Waals surface area contributed by atoms with Gasteiger partial charge in [0.1, 0.15) is 5.75 Å². The van der Waals surface area contributed by atoms with Gasteiger partial charge in [-0.15, -0.1) is 0 Å². The fourth-order valence-corrected chi connectivity index (χ4v) is 1.79. The maximum Gasteiger partial charge on any atom is 0.123 e. The minimum absolute atomic E-state index is 0.880. The second-order valence-corrected chi connectivity index (χ2v) is 4.47. The summed E-state index contributed by atoms with van der Waals surface area (Å²) in [6.07, 6.45) is 2.12. The van der Waals surface area contributed by atoms with Crippen molar-refractivity contribution in [2.75, 3.05) is 25.7 Å². The SMILES string of the molecule is COc1ccc(C)cc1CNCCSC. The largest absolute Gasteiger partial charge is 0.496 e. The quantitative estimate of drug-likeness (QED) is 0.751. The Morgan fingerprint density at radius 3 is 2.87 bits per heavy atom. The molecule has 0 atom stereocenters. The predicted molar refractivity (Wildman–Crippen MR) is 67.8 cm³/mol. The van der Waals surface area contributed by atoms with Crippen LogP contribution >= 0.6 is 11.8 Å². The van der Waals surface area contributed by atoms with Gasteiger partial charge in [-0.3, -0.25) is 0 Å². The maximum atomic E-state index is 5.31. The summed E-state index contributed by atoms with van der Waals surface area (Å²) in [5, 5.41) is 3.40. The van der Waals surface area contributed by atoms with Crippen molar-refractivity contribution in [3.05, 3.63) is 29.3 Å². The van der Waals surface area contributed by atoms with E-state index in [-0.39, 0.29) is 0 Å². The molecule has 0 aliphatic rings. The van der Waals surface area contributed by atoms with E-state index in [9.17, 15) is 0 Å². The standard InChI is InChI=1S/C12H19NOS/c1-10-4-5-12(14-2)11(8-10)9-13-6-7-15-3/h4-5,8,13H,6-7,9H2,1-3H3. The van der Waals surface area contributed by atoms with Crippen molar-refractivity contribution in [2.45, 2.75) is 13.5 Å². The third kappa shape index (κ3) is 4.14. The molecule has 0 aliphatic carbocycles. The molecule has 0 bridgehead atoms. The number of nitrogens with one attached hydrogen (secondary N) is 1. The van der Waals surface area contributed by atoms with Gasteiger partial charge in [0, 0.05) is 24.4 Å². The topological polar surface area (TPSA) is 21.3 Å². The van der Waals surface area contributed by atoms with E-state index >= 15 is 0 Å². The second kappa shape index (κ2) is 6.75. The first kappa shape index (κ1) is 12.4. The van der Waals surface area contributed by atoms with Crippen molar-refractivity contribution in [3.63, 3.8) is 0 Å². The van der Waals surface area contributed by atoms with E-state index in [1.165, 1.54) is 11.1 Å². The summed E-state index contributed by atoms with van der Waals surface area (Å²) in [5.74, 6) is 2.12. The summed E-state index contributed by atoms with van der Waals surface area (Å²) >= 11 is 1.86. The van der Waals surface area contributed by atoms with Crippen LogP contribution in [0.15, 0.2) is 18.2 Å². The summed E-state index contributed by atoms with van der Waals surface area (Å²) in [7, 11) is 1.72. The molecule has 0 amide bonds. The van der Waals surface area contributed by atoms with Crippen LogP contribution in [0.3, 0.4) is 0 Å². The molecular weight excluding hydrogens is 206 g/mol. The lowest BCUT2D eigenvalue weighted by Crippen LogP contribution is -2.17. The molecule has 0 heterocycles. The fourth-order valence-electron chi connectivity index (χ4n) is 1.44. The van der Waals surface area contributed by atoms with Crippen LogP contribution in [0.1, 0.15) is 11.1 Å². The Kier molecular flexibility index (Phi) is 5.58. The average molecular weight is 225 g/mol. The lowest BCUT2D eigenvalue weighted by atomic mass is 10.1. The molecule has 0 aliphatic heterocycles. The number of thioether (sulfide) groups is 1. The number of aryl methyl sites for hydroxylation is 1. The van der Waals surface area contributed by atoms with E-state index in [1.807, 2.05) is 17.8 Å². The first-order valence-electron chi connectivity index (χ1n) is 5.11. The summed E-state index contributed by atoms with van der Waals surface area (Å²) in [4.78, 5) is 0. The molecule has 3 heteroatoms. The maximum absolute atomic E-state index is 5.31. The van der Waals surface area contributed by atoms with Crippen molar-refractivity contribution in [1.29, 1.82) is 0 Å². The fraction of sp³-hybridized carbons (Fsp3) is 0.500. The van der Waals surface area contributed by atoms with Crippen molar-refractivity contribution >= 4 is 11.8 Å². The van der Waals surface area contributed by atoms with Gasteiger partial charge in [-0.2, -0.15) is 11.8 Å². The lowest BCUT2D eigenvalue weighted by Gasteiger charge is -2.10. The van der Waals surface area contributed by atoms with Crippen LogP contribution in [0.4, 0.5) is 0 Å². The molecule has 1 aromatic carbocycles. The van der Waals surface area contributed by atoms with Crippen LogP contribution in [0.2, 0.25) is 0 Å². The molecule has 1 N–H and O–H groups in total. The summed E-state index contributed by atoms with van der Waals surface area (Å²) < 4.78 is 5.31. The zero-order valence-corrected chi connectivity index (χ0v) is 10.5. The molecule has 1 aromatic rings. The van der Waals surface area contributed by atoms with Crippen molar-refractivity contribution in [2.24, 2.45) is 0 Å². The van der Waals surface area contributed by atoms with Gasteiger partial charge in [0.15, 0.2) is 0 Å². The van der Waals surface area contributed by atoms with E-state index in [0.717, 1.165) is 24.6 Å². The van der Waals surface area contributed by atoms with Crippen molar-refractivity contribution < 1.29 is 4.74 Å². The number of ether oxygens (including phenoxy) is 1. The smallest absolute Gasteiger partial charge is 0.123 e. The summed E-state index contributed by atoms with van der Waals surface area (Å²) in [5.41, 5.74) is 2.51. The van der Waals surface area contributed by atoms with Gasteiger partial charge in [-0.1, -0.05) is 17.7 Å². The molecule has 0 saturated carbocycles. The number of methoxy groups -OCH3 is 1. The Morgan fingerprint density at radius 1 is 1.40 bits per heavy atom. The zero-order chi connectivity index (χ0) is 11.1. The highest BCUT2D eigenvalue weighted by atomic mass is 32.2.